The van der Waals surface area contributed by atoms with Crippen molar-refractivity contribution in [1.29, 1.82) is 0 Å². The molecule has 0 radical (unpaired) electrons. The zero-order chi connectivity index (χ0) is 15.3. The monoisotopic (exact) mass is 390 g/mol. The lowest BCUT2D eigenvalue weighted by Gasteiger charge is -2.60. The number of carbonyl (C=O) groups excluding carboxylic acids is 1. The molecule has 0 amide bonds. The fourth-order valence-electron chi connectivity index (χ4n) is 4.58. The predicted octanol–water partition coefficient (Wildman–Crippen LogP) is 4.90. The Morgan fingerprint density at radius 3 is 2.25 bits per heavy atom. The first kappa shape index (κ1) is 16.3. The molecule has 4 atom stereocenters. The molecule has 0 heterocycles. The highest BCUT2D eigenvalue weighted by atomic mass is 127. The number of carbonyl (C=O) groups is 1. The molecule has 3 heteroatoms. The van der Waals surface area contributed by atoms with Crippen LogP contribution in [-0.2, 0) is 9.53 Å². The molecule has 0 saturated heterocycles. The van der Waals surface area contributed by atoms with E-state index in [1.165, 1.54) is 5.57 Å². The molecule has 2 saturated carbocycles. The van der Waals surface area contributed by atoms with Crippen LogP contribution in [-0.4, -0.2) is 15.0 Å². The number of rotatable bonds is 2. The van der Waals surface area contributed by atoms with E-state index in [9.17, 15) is 4.79 Å². The molecule has 0 N–H and O–H groups in total. The fraction of sp³-hybridized carbons (Fsp3) is 0.824. The smallest absolute Gasteiger partial charge is 0.303 e. The lowest BCUT2D eigenvalue weighted by molar-refractivity contribution is -0.186. The number of hydrogen-bond acceptors (Lipinski definition) is 2. The van der Waals surface area contributed by atoms with Gasteiger partial charge in [-0.15, -0.1) is 0 Å². The van der Waals surface area contributed by atoms with Gasteiger partial charge in [-0.1, -0.05) is 55.5 Å². The first-order valence-corrected chi connectivity index (χ1v) is 8.66. The highest BCUT2D eigenvalue weighted by molar-refractivity contribution is 14.1. The number of hydrogen-bond donors (Lipinski definition) is 0. The summed E-state index contributed by atoms with van der Waals surface area (Å²) in [6.07, 6.45) is 4.36. The average molecular weight is 390 g/mol. The second-order valence-corrected chi connectivity index (χ2v) is 9.64. The van der Waals surface area contributed by atoms with E-state index >= 15 is 0 Å². The zero-order valence-electron chi connectivity index (χ0n) is 13.4. The molecule has 0 bridgehead atoms. The van der Waals surface area contributed by atoms with Crippen LogP contribution in [0, 0.1) is 17.3 Å². The number of halogens is 1. The number of esters is 1. The van der Waals surface area contributed by atoms with Crippen LogP contribution >= 0.6 is 22.6 Å². The maximum atomic E-state index is 11.7. The van der Waals surface area contributed by atoms with Crippen molar-refractivity contribution in [3.8, 4) is 0 Å². The Kier molecular flexibility index (Phi) is 4.07. The van der Waals surface area contributed by atoms with Crippen molar-refractivity contribution in [3.05, 3.63) is 12.2 Å². The lowest BCUT2D eigenvalue weighted by atomic mass is 9.58. The summed E-state index contributed by atoms with van der Waals surface area (Å²) < 4.78 is 5.98. The van der Waals surface area contributed by atoms with Gasteiger partial charge in [0.2, 0.25) is 0 Å². The van der Waals surface area contributed by atoms with Crippen LogP contribution in [0.25, 0.3) is 0 Å². The first-order valence-electron chi connectivity index (χ1n) is 7.58. The standard InChI is InChI=1S/C17H27IO2/c1-11(2)14-10-15(5,6)9-12(3)17(20-13(4)19)8-7-16(14,17)18/h12,14H,1,7-10H2,2-6H3. The molecular weight excluding hydrogens is 363 g/mol. The van der Waals surface area contributed by atoms with E-state index in [4.69, 9.17) is 4.74 Å². The van der Waals surface area contributed by atoms with E-state index < -0.39 is 0 Å². The Balaban J connectivity index is 2.49. The molecule has 114 valence electrons. The minimum absolute atomic E-state index is 0.0233. The van der Waals surface area contributed by atoms with Crippen molar-refractivity contribution in [2.75, 3.05) is 0 Å². The molecule has 2 rings (SSSR count). The first-order chi connectivity index (χ1) is 9.04. The van der Waals surface area contributed by atoms with E-state index in [-0.39, 0.29) is 20.4 Å². The summed E-state index contributed by atoms with van der Waals surface area (Å²) >= 11 is 2.59. The average Bonchev–Trinajstić information content (AvgIpc) is 2.31. The zero-order valence-corrected chi connectivity index (χ0v) is 15.5. The van der Waals surface area contributed by atoms with Crippen LogP contribution in [0.15, 0.2) is 12.2 Å². The van der Waals surface area contributed by atoms with Gasteiger partial charge in [0.1, 0.15) is 5.60 Å². The fourth-order valence-corrected chi connectivity index (χ4v) is 6.52. The van der Waals surface area contributed by atoms with E-state index in [1.807, 2.05) is 0 Å². The molecule has 0 aromatic rings. The Hall–Kier alpha value is -0.0600. The summed E-state index contributed by atoms with van der Waals surface area (Å²) in [4.78, 5) is 11.7. The number of fused-ring (bicyclic) bond motifs is 1. The second kappa shape index (κ2) is 4.99. The Bertz CT molecular complexity index is 442. The van der Waals surface area contributed by atoms with Crippen LogP contribution in [0.5, 0.6) is 0 Å². The van der Waals surface area contributed by atoms with Gasteiger partial charge in [0.05, 0.1) is 3.42 Å². The van der Waals surface area contributed by atoms with Crippen LogP contribution < -0.4 is 0 Å². The van der Waals surface area contributed by atoms with Crippen molar-refractivity contribution in [2.45, 2.75) is 69.3 Å². The summed E-state index contributed by atoms with van der Waals surface area (Å²) in [5, 5.41) is 0. The quantitative estimate of drug-likeness (QED) is 0.290. The maximum Gasteiger partial charge on any atom is 0.303 e. The van der Waals surface area contributed by atoms with Gasteiger partial charge in [0, 0.05) is 6.92 Å². The SMILES string of the molecule is C=C(C)C1CC(C)(C)CC(C)C2(OC(C)=O)CCC12I. The largest absolute Gasteiger partial charge is 0.458 e. The molecule has 2 aliphatic carbocycles. The van der Waals surface area contributed by atoms with Crippen molar-refractivity contribution in [1.82, 2.24) is 0 Å². The number of allylic oxidation sites excluding steroid dienone is 1. The van der Waals surface area contributed by atoms with Crippen LogP contribution in [0.1, 0.15) is 60.3 Å². The third-order valence-electron chi connectivity index (χ3n) is 5.45. The topological polar surface area (TPSA) is 26.3 Å². The van der Waals surface area contributed by atoms with Gasteiger partial charge in [0.25, 0.3) is 0 Å². The Morgan fingerprint density at radius 1 is 1.25 bits per heavy atom. The van der Waals surface area contributed by atoms with Crippen molar-refractivity contribution in [3.63, 3.8) is 0 Å². The van der Waals surface area contributed by atoms with E-state index in [0.717, 1.165) is 25.7 Å². The molecule has 0 aliphatic heterocycles. The second-order valence-electron chi connectivity index (χ2n) is 7.72. The summed E-state index contributed by atoms with van der Waals surface area (Å²) in [5.41, 5.74) is 1.21. The van der Waals surface area contributed by atoms with Gasteiger partial charge < -0.3 is 4.74 Å². The molecule has 20 heavy (non-hydrogen) atoms. The summed E-state index contributed by atoms with van der Waals surface area (Å²) in [6.45, 7) is 14.9. The molecule has 4 unspecified atom stereocenters. The van der Waals surface area contributed by atoms with Gasteiger partial charge >= 0.3 is 5.97 Å². The molecule has 2 fully saturated rings. The Labute approximate surface area is 136 Å². The van der Waals surface area contributed by atoms with Crippen molar-refractivity contribution >= 4 is 28.6 Å². The van der Waals surface area contributed by atoms with Crippen LogP contribution in [0.3, 0.4) is 0 Å². The van der Waals surface area contributed by atoms with Crippen LogP contribution in [0.4, 0.5) is 0 Å². The summed E-state index contributed by atoms with van der Waals surface area (Å²) in [5.74, 6) is 0.685. The van der Waals surface area contributed by atoms with Gasteiger partial charge in [0.15, 0.2) is 0 Å². The van der Waals surface area contributed by atoms with Gasteiger partial charge in [-0.05, 0) is 49.9 Å². The minimum Gasteiger partial charge on any atom is -0.458 e. The van der Waals surface area contributed by atoms with E-state index in [1.54, 1.807) is 6.92 Å². The summed E-state index contributed by atoms with van der Waals surface area (Å²) in [6, 6.07) is 0. The third kappa shape index (κ3) is 2.34. The van der Waals surface area contributed by atoms with Gasteiger partial charge in [-0.2, -0.15) is 0 Å². The molecule has 0 aromatic heterocycles. The van der Waals surface area contributed by atoms with Gasteiger partial charge in [-0.3, -0.25) is 4.79 Å². The predicted molar refractivity (Wildman–Crippen MR) is 91.0 cm³/mol. The van der Waals surface area contributed by atoms with E-state index in [0.29, 0.717) is 11.8 Å². The third-order valence-corrected chi connectivity index (χ3v) is 7.65. The lowest BCUT2D eigenvalue weighted by Crippen LogP contribution is -2.67. The molecular formula is C17H27IO2. The number of alkyl halides is 1. The number of ether oxygens (including phenoxy) is 1. The normalized spacial score (nSPS) is 42.9. The highest BCUT2D eigenvalue weighted by Gasteiger charge is 2.68. The maximum absolute atomic E-state index is 11.7. The van der Waals surface area contributed by atoms with Crippen molar-refractivity contribution < 1.29 is 9.53 Å². The van der Waals surface area contributed by atoms with Crippen LogP contribution in [0.2, 0.25) is 0 Å². The molecule has 0 spiro atoms. The van der Waals surface area contributed by atoms with Gasteiger partial charge in [-0.25, -0.2) is 0 Å². The van der Waals surface area contributed by atoms with Crippen molar-refractivity contribution in [2.24, 2.45) is 17.3 Å². The van der Waals surface area contributed by atoms with E-state index in [2.05, 4.69) is 56.9 Å². The molecule has 0 aromatic carbocycles. The highest BCUT2D eigenvalue weighted by Crippen LogP contribution is 2.66. The molecule has 2 aliphatic rings. The summed E-state index contributed by atoms with van der Waals surface area (Å²) in [7, 11) is 0. The Morgan fingerprint density at radius 2 is 1.85 bits per heavy atom. The molecule has 2 nitrogen and oxygen atoms in total. The minimum atomic E-state index is -0.295.